The first-order chi connectivity index (χ1) is 15.3. The van der Waals surface area contributed by atoms with Crippen molar-refractivity contribution in [2.75, 3.05) is 19.6 Å². The van der Waals surface area contributed by atoms with Crippen molar-refractivity contribution >= 4 is 59.4 Å². The van der Waals surface area contributed by atoms with Crippen molar-refractivity contribution in [3.8, 4) is 0 Å². The van der Waals surface area contributed by atoms with Gasteiger partial charge < -0.3 is 35.7 Å². The van der Waals surface area contributed by atoms with Crippen LogP contribution < -0.4 is 11.1 Å². The third kappa shape index (κ3) is 19.0. The highest BCUT2D eigenvalue weighted by atomic mass is 28.5. The van der Waals surface area contributed by atoms with Crippen molar-refractivity contribution in [1.82, 2.24) is 5.32 Å². The van der Waals surface area contributed by atoms with E-state index < -0.39 is 59.4 Å². The summed E-state index contributed by atoms with van der Waals surface area (Å²) >= 11 is 0. The van der Waals surface area contributed by atoms with Gasteiger partial charge in [-0.1, -0.05) is 0 Å². The number of nitrogens with one attached hydrogen (secondary N) is 1. The van der Waals surface area contributed by atoms with Gasteiger partial charge in [-0.05, 0) is 111 Å². The number of nitrogens with two attached hydrogens (primary N) is 1. The Hall–Kier alpha value is 1.20. The van der Waals surface area contributed by atoms with Gasteiger partial charge in [-0.25, -0.2) is 0 Å². The maximum atomic E-state index is 7.04. The minimum atomic E-state index is -3.26. The molecule has 0 amide bonds. The van der Waals surface area contributed by atoms with E-state index in [0.717, 1.165) is 19.5 Å². The zero-order valence-corrected chi connectivity index (χ0v) is 32.6. The highest BCUT2D eigenvalue weighted by molar-refractivity contribution is 6.92. The van der Waals surface area contributed by atoms with Crippen molar-refractivity contribution < 1.29 is 24.7 Å². The summed E-state index contributed by atoms with van der Waals surface area (Å²) in [6, 6.07) is 0.688. The average Bonchev–Trinajstić information content (AvgIpc) is 2.44. The Morgan fingerprint density at radius 1 is 0.486 bits per heavy atom. The Bertz CT molecular complexity index is 561. The van der Waals surface area contributed by atoms with Crippen LogP contribution in [0.3, 0.4) is 0 Å². The van der Waals surface area contributed by atoms with Gasteiger partial charge in [0.15, 0.2) is 25.0 Å². The normalized spacial score (nSPS) is 15.1. The fourth-order valence-electron chi connectivity index (χ4n) is 4.27. The molecule has 0 aliphatic carbocycles. The second kappa shape index (κ2) is 13.5. The third-order valence-electron chi connectivity index (χ3n) is 4.02. The molecule has 0 atom stereocenters. The molecule has 3 N–H and O–H groups in total. The predicted octanol–water partition coefficient (Wildman–Crippen LogP) is 5.57. The molecule has 212 valence electrons. The average molecular weight is 619 g/mol. The fraction of sp³-hybridized carbons (Fsp3) is 1.00. The lowest BCUT2D eigenvalue weighted by Gasteiger charge is -2.46. The molecule has 0 aliphatic heterocycles. The number of rotatable bonds is 18. The second-order valence-corrected chi connectivity index (χ2v) is 41.3. The summed E-state index contributed by atoms with van der Waals surface area (Å²) in [5.74, 6) is 0. The van der Waals surface area contributed by atoms with Crippen molar-refractivity contribution in [3.05, 3.63) is 0 Å². The number of hydrogen-bond acceptors (Lipinski definition) is 8. The van der Waals surface area contributed by atoms with Crippen LogP contribution in [0.1, 0.15) is 6.42 Å². The summed E-state index contributed by atoms with van der Waals surface area (Å²) in [5.41, 5.74) is 5.67. The van der Waals surface area contributed by atoms with Crippen LogP contribution in [-0.2, 0) is 24.7 Å². The molecule has 35 heavy (non-hydrogen) atoms. The summed E-state index contributed by atoms with van der Waals surface area (Å²) in [6.45, 7) is 34.8. The molecule has 0 aromatic carbocycles. The standard InChI is InChI=1S/C20H58N2O6Si7/c1-29(2,3)23-32(10,11)26-35(20-16-18-22-19-17-21,27-33(12,13)24-30(4,5)6)28-34(14,15)25-31(7,8)9/h22H,16-21H2,1-15H3. The van der Waals surface area contributed by atoms with Gasteiger partial charge in [-0.2, -0.15) is 0 Å². The smallest absolute Gasteiger partial charge is 0.437 e. The van der Waals surface area contributed by atoms with Gasteiger partial charge in [0.1, 0.15) is 0 Å². The summed E-state index contributed by atoms with van der Waals surface area (Å²) in [5, 5.41) is 3.40. The van der Waals surface area contributed by atoms with Crippen LogP contribution in [0.25, 0.3) is 0 Å². The molecule has 0 radical (unpaired) electrons. The fourth-order valence-corrected chi connectivity index (χ4v) is 36.0. The Morgan fingerprint density at radius 3 is 1.06 bits per heavy atom. The summed E-state index contributed by atoms with van der Waals surface area (Å²) in [6.07, 6.45) is 0.860. The van der Waals surface area contributed by atoms with E-state index in [1.165, 1.54) is 0 Å². The van der Waals surface area contributed by atoms with Gasteiger partial charge in [0.2, 0.25) is 0 Å². The van der Waals surface area contributed by atoms with Crippen LogP contribution in [0.5, 0.6) is 0 Å². The Labute approximate surface area is 224 Å². The molecule has 0 aromatic heterocycles. The van der Waals surface area contributed by atoms with Crippen molar-refractivity contribution in [2.24, 2.45) is 5.73 Å². The maximum Gasteiger partial charge on any atom is 0.474 e. The molecule has 0 saturated heterocycles. The molecule has 0 aromatic rings. The van der Waals surface area contributed by atoms with Crippen LogP contribution in [0.2, 0.25) is 104 Å². The van der Waals surface area contributed by atoms with E-state index in [4.69, 9.17) is 30.4 Å². The van der Waals surface area contributed by atoms with Crippen LogP contribution in [0.4, 0.5) is 0 Å². The van der Waals surface area contributed by atoms with Gasteiger partial charge in [-0.3, -0.25) is 0 Å². The van der Waals surface area contributed by atoms with E-state index in [2.05, 4.69) is 104 Å². The minimum Gasteiger partial charge on any atom is -0.437 e. The Balaban J connectivity index is 6.38. The van der Waals surface area contributed by atoms with Gasteiger partial charge in [0.25, 0.3) is 0 Å². The van der Waals surface area contributed by atoms with Gasteiger partial charge in [0.05, 0.1) is 0 Å². The van der Waals surface area contributed by atoms with E-state index in [1.807, 2.05) is 0 Å². The first kappa shape index (κ1) is 36.2. The lowest BCUT2D eigenvalue weighted by Crippen LogP contribution is -2.66. The predicted molar refractivity (Wildman–Crippen MR) is 166 cm³/mol. The maximum absolute atomic E-state index is 7.04. The number of hydrogen-bond donors (Lipinski definition) is 2. The van der Waals surface area contributed by atoms with Crippen molar-refractivity contribution in [2.45, 2.75) is 111 Å². The highest BCUT2D eigenvalue weighted by Gasteiger charge is 2.55. The van der Waals surface area contributed by atoms with E-state index in [1.54, 1.807) is 0 Å². The first-order valence-corrected chi connectivity index (χ1v) is 33.5. The van der Waals surface area contributed by atoms with Gasteiger partial charge in [-0.15, -0.1) is 0 Å². The summed E-state index contributed by atoms with van der Waals surface area (Å²) < 4.78 is 41.0. The zero-order valence-electron chi connectivity index (χ0n) is 25.6. The van der Waals surface area contributed by atoms with Crippen molar-refractivity contribution in [3.63, 3.8) is 0 Å². The van der Waals surface area contributed by atoms with E-state index in [-0.39, 0.29) is 0 Å². The molecule has 15 heteroatoms. The largest absolute Gasteiger partial charge is 0.474 e. The summed E-state index contributed by atoms with van der Waals surface area (Å²) in [7, 11) is -16.5. The van der Waals surface area contributed by atoms with Crippen LogP contribution >= 0.6 is 0 Å². The molecule has 0 aliphatic rings. The quantitative estimate of drug-likeness (QED) is 0.152. The van der Waals surface area contributed by atoms with Crippen LogP contribution in [0.15, 0.2) is 0 Å². The Kier molecular flexibility index (Phi) is 14.0. The summed E-state index contributed by atoms with van der Waals surface area (Å²) in [4.78, 5) is 0. The van der Waals surface area contributed by atoms with Crippen molar-refractivity contribution in [1.29, 1.82) is 0 Å². The SMILES string of the molecule is C[Si](C)(C)O[Si](C)(C)O[Si](CCCNCCN)(O[Si](C)(C)O[Si](C)(C)C)O[Si](C)(C)O[Si](C)(C)C. The first-order valence-electron chi connectivity index (χ1n) is 12.9. The zero-order chi connectivity index (χ0) is 28.0. The van der Waals surface area contributed by atoms with E-state index >= 15 is 0 Å². The van der Waals surface area contributed by atoms with E-state index in [0.29, 0.717) is 12.6 Å². The second-order valence-electron chi connectivity index (χ2n) is 13.5. The molecule has 0 spiro atoms. The third-order valence-corrected chi connectivity index (χ3v) is 27.9. The molecular weight excluding hydrogens is 561 g/mol. The van der Waals surface area contributed by atoms with E-state index in [9.17, 15) is 0 Å². The lowest BCUT2D eigenvalue weighted by molar-refractivity contribution is 0.190. The Morgan fingerprint density at radius 2 is 0.800 bits per heavy atom. The van der Waals surface area contributed by atoms with Gasteiger partial charge >= 0.3 is 34.5 Å². The molecule has 8 nitrogen and oxygen atoms in total. The lowest BCUT2D eigenvalue weighted by atomic mass is 10.5. The molecule has 0 rings (SSSR count). The van der Waals surface area contributed by atoms with Gasteiger partial charge in [0, 0.05) is 19.1 Å². The molecule has 0 saturated carbocycles. The minimum absolute atomic E-state index is 0.615. The molecule has 0 unspecified atom stereocenters. The van der Waals surface area contributed by atoms with Crippen LogP contribution in [0, 0.1) is 0 Å². The topological polar surface area (TPSA) is 93.4 Å². The molecule has 0 bridgehead atoms. The highest BCUT2D eigenvalue weighted by Crippen LogP contribution is 2.33. The molecule has 0 fully saturated rings. The monoisotopic (exact) mass is 618 g/mol. The van der Waals surface area contributed by atoms with Crippen LogP contribution in [-0.4, -0.2) is 79.1 Å². The molecular formula is C20H58N2O6Si7. The molecule has 0 heterocycles.